The Hall–Kier alpha value is -0.640. The molecule has 0 saturated carbocycles. The standard InChI is InChI=1S/C11H14Br2N2O4S/c1-2-3-15-10(16)6-19-11-8(12)4-7(5-9(11)13)20(14,17)18/h4-5H,2-3,6H2,1H3,(H,15,16)(H2,14,17,18). The van der Waals surface area contributed by atoms with Gasteiger partial charge in [-0.25, -0.2) is 13.6 Å². The molecule has 0 spiro atoms. The van der Waals surface area contributed by atoms with Crippen LogP contribution in [-0.2, 0) is 14.8 Å². The van der Waals surface area contributed by atoms with Gasteiger partial charge in [0, 0.05) is 6.54 Å². The van der Waals surface area contributed by atoms with Gasteiger partial charge >= 0.3 is 0 Å². The van der Waals surface area contributed by atoms with Gasteiger partial charge in [-0.05, 0) is 50.4 Å². The van der Waals surface area contributed by atoms with Gasteiger partial charge in [-0.1, -0.05) is 6.92 Å². The van der Waals surface area contributed by atoms with E-state index >= 15 is 0 Å². The lowest BCUT2D eigenvalue weighted by atomic mass is 10.3. The van der Waals surface area contributed by atoms with Crippen molar-refractivity contribution in [1.82, 2.24) is 5.32 Å². The van der Waals surface area contributed by atoms with E-state index in [1.54, 1.807) is 0 Å². The summed E-state index contributed by atoms with van der Waals surface area (Å²) in [5, 5.41) is 7.71. The first-order chi connectivity index (χ1) is 9.25. The summed E-state index contributed by atoms with van der Waals surface area (Å²) in [6.07, 6.45) is 0.836. The van der Waals surface area contributed by atoms with Gasteiger partial charge in [-0.3, -0.25) is 4.79 Å². The first-order valence-electron chi connectivity index (χ1n) is 5.67. The molecule has 20 heavy (non-hydrogen) atoms. The number of rotatable bonds is 6. The van der Waals surface area contributed by atoms with Crippen LogP contribution in [0.2, 0.25) is 0 Å². The normalized spacial score (nSPS) is 11.2. The molecule has 0 aliphatic rings. The van der Waals surface area contributed by atoms with E-state index in [0.717, 1.165) is 6.42 Å². The Labute approximate surface area is 134 Å². The van der Waals surface area contributed by atoms with E-state index < -0.39 is 10.0 Å². The monoisotopic (exact) mass is 428 g/mol. The highest BCUT2D eigenvalue weighted by Crippen LogP contribution is 2.35. The number of carbonyl (C=O) groups excluding carboxylic acids is 1. The maximum atomic E-state index is 11.4. The van der Waals surface area contributed by atoms with Gasteiger partial charge in [-0.15, -0.1) is 0 Å². The summed E-state index contributed by atoms with van der Waals surface area (Å²) in [5.41, 5.74) is 0. The maximum absolute atomic E-state index is 11.4. The average Bonchev–Trinajstić information content (AvgIpc) is 2.34. The number of amides is 1. The highest BCUT2D eigenvalue weighted by Gasteiger charge is 2.16. The van der Waals surface area contributed by atoms with Crippen LogP contribution in [0.15, 0.2) is 26.0 Å². The molecular formula is C11H14Br2N2O4S. The third-order valence-electron chi connectivity index (χ3n) is 2.22. The second-order valence-corrected chi connectivity index (χ2v) is 7.17. The van der Waals surface area contributed by atoms with E-state index in [4.69, 9.17) is 9.88 Å². The molecule has 0 radical (unpaired) electrons. The van der Waals surface area contributed by atoms with Crippen molar-refractivity contribution in [3.05, 3.63) is 21.1 Å². The fourth-order valence-corrected chi connectivity index (χ4v) is 3.57. The topological polar surface area (TPSA) is 98.5 Å². The Kier molecular flexibility index (Phi) is 6.44. The molecule has 0 bridgehead atoms. The van der Waals surface area contributed by atoms with Crippen LogP contribution >= 0.6 is 31.9 Å². The third kappa shape index (κ3) is 5.04. The Balaban J connectivity index is 2.85. The van der Waals surface area contributed by atoms with Gasteiger partial charge in [0.15, 0.2) is 6.61 Å². The highest BCUT2D eigenvalue weighted by atomic mass is 79.9. The summed E-state index contributed by atoms with van der Waals surface area (Å²) in [4.78, 5) is 11.4. The van der Waals surface area contributed by atoms with Gasteiger partial charge in [0.1, 0.15) is 5.75 Å². The number of benzene rings is 1. The lowest BCUT2D eigenvalue weighted by Crippen LogP contribution is -2.29. The van der Waals surface area contributed by atoms with Crippen LogP contribution in [0.4, 0.5) is 0 Å². The van der Waals surface area contributed by atoms with Crippen LogP contribution in [0.25, 0.3) is 0 Å². The fourth-order valence-electron chi connectivity index (χ4n) is 1.29. The van der Waals surface area contributed by atoms with Crippen molar-refractivity contribution in [2.45, 2.75) is 18.2 Å². The number of halogens is 2. The zero-order valence-corrected chi connectivity index (χ0v) is 14.6. The number of hydrogen-bond donors (Lipinski definition) is 2. The highest BCUT2D eigenvalue weighted by molar-refractivity contribution is 9.11. The van der Waals surface area contributed by atoms with Crippen LogP contribution in [0.5, 0.6) is 5.75 Å². The summed E-state index contributed by atoms with van der Waals surface area (Å²) in [5.74, 6) is 0.0882. The number of primary sulfonamides is 1. The smallest absolute Gasteiger partial charge is 0.257 e. The van der Waals surface area contributed by atoms with Crippen molar-refractivity contribution in [3.63, 3.8) is 0 Å². The van der Waals surface area contributed by atoms with E-state index in [1.807, 2.05) is 6.92 Å². The minimum Gasteiger partial charge on any atom is -0.481 e. The minimum absolute atomic E-state index is 0.0564. The van der Waals surface area contributed by atoms with Crippen LogP contribution in [0.3, 0.4) is 0 Å². The summed E-state index contributed by atoms with van der Waals surface area (Å²) >= 11 is 6.37. The molecule has 0 fully saturated rings. The number of hydrogen-bond acceptors (Lipinski definition) is 4. The molecule has 3 N–H and O–H groups in total. The largest absolute Gasteiger partial charge is 0.481 e. The van der Waals surface area contributed by atoms with Crippen molar-refractivity contribution in [1.29, 1.82) is 0 Å². The second-order valence-electron chi connectivity index (χ2n) is 3.90. The SMILES string of the molecule is CCCNC(=O)COc1c(Br)cc(S(N)(=O)=O)cc1Br. The number of ether oxygens (including phenoxy) is 1. The van der Waals surface area contributed by atoms with Crippen molar-refractivity contribution in [3.8, 4) is 5.75 Å². The first kappa shape index (κ1) is 17.4. The van der Waals surface area contributed by atoms with E-state index in [9.17, 15) is 13.2 Å². The zero-order chi connectivity index (χ0) is 15.3. The molecule has 0 saturated heterocycles. The van der Waals surface area contributed by atoms with Crippen LogP contribution in [-0.4, -0.2) is 27.5 Å². The number of nitrogens with two attached hydrogens (primary N) is 1. The van der Waals surface area contributed by atoms with E-state index in [0.29, 0.717) is 21.2 Å². The summed E-state index contributed by atoms with van der Waals surface area (Å²) < 4.78 is 28.7. The van der Waals surface area contributed by atoms with Crippen LogP contribution in [0.1, 0.15) is 13.3 Å². The molecule has 1 aromatic carbocycles. The average molecular weight is 430 g/mol. The van der Waals surface area contributed by atoms with Gasteiger partial charge in [0.05, 0.1) is 13.8 Å². The predicted octanol–water partition coefficient (Wildman–Crippen LogP) is 1.76. The summed E-state index contributed by atoms with van der Waals surface area (Å²) in [6, 6.07) is 2.64. The summed E-state index contributed by atoms with van der Waals surface area (Å²) in [7, 11) is -3.80. The predicted molar refractivity (Wildman–Crippen MR) is 82.0 cm³/mol. The number of nitrogens with one attached hydrogen (secondary N) is 1. The molecule has 0 aromatic heterocycles. The van der Waals surface area contributed by atoms with Crippen LogP contribution < -0.4 is 15.2 Å². The molecule has 0 aliphatic carbocycles. The Morgan fingerprint density at radius 2 is 1.90 bits per heavy atom. The molecule has 9 heteroatoms. The molecule has 1 amide bonds. The van der Waals surface area contributed by atoms with Crippen molar-refractivity contribution in [2.24, 2.45) is 5.14 Å². The van der Waals surface area contributed by atoms with Gasteiger partial charge in [0.25, 0.3) is 5.91 Å². The Bertz CT molecular complexity index is 581. The van der Waals surface area contributed by atoms with E-state index in [1.165, 1.54) is 12.1 Å². The molecule has 1 aromatic rings. The molecule has 0 atom stereocenters. The van der Waals surface area contributed by atoms with Crippen LogP contribution in [0, 0.1) is 0 Å². The minimum atomic E-state index is -3.80. The van der Waals surface area contributed by atoms with Crippen molar-refractivity contribution >= 4 is 47.8 Å². The molecule has 0 aliphatic heterocycles. The van der Waals surface area contributed by atoms with Crippen molar-refractivity contribution < 1.29 is 17.9 Å². The first-order valence-corrected chi connectivity index (χ1v) is 8.80. The molecular weight excluding hydrogens is 416 g/mol. The zero-order valence-electron chi connectivity index (χ0n) is 10.7. The van der Waals surface area contributed by atoms with Gasteiger partial charge in [-0.2, -0.15) is 0 Å². The van der Waals surface area contributed by atoms with E-state index in [-0.39, 0.29) is 17.4 Å². The van der Waals surface area contributed by atoms with Gasteiger partial charge in [0.2, 0.25) is 10.0 Å². The lowest BCUT2D eigenvalue weighted by Gasteiger charge is -2.11. The molecule has 0 unspecified atom stereocenters. The Morgan fingerprint density at radius 3 is 2.35 bits per heavy atom. The summed E-state index contributed by atoms with van der Waals surface area (Å²) in [6.45, 7) is 2.36. The number of carbonyl (C=O) groups is 1. The number of sulfonamides is 1. The molecule has 6 nitrogen and oxygen atoms in total. The maximum Gasteiger partial charge on any atom is 0.257 e. The quantitative estimate of drug-likeness (QED) is 0.719. The molecule has 112 valence electrons. The second kappa shape index (κ2) is 7.39. The lowest BCUT2D eigenvalue weighted by molar-refractivity contribution is -0.123. The fraction of sp³-hybridized carbons (Fsp3) is 0.364. The van der Waals surface area contributed by atoms with Gasteiger partial charge < -0.3 is 10.1 Å². The third-order valence-corrected chi connectivity index (χ3v) is 4.29. The van der Waals surface area contributed by atoms with E-state index in [2.05, 4.69) is 37.2 Å². The molecule has 0 heterocycles. The van der Waals surface area contributed by atoms with Crippen molar-refractivity contribution in [2.75, 3.05) is 13.2 Å². The Morgan fingerprint density at radius 1 is 1.35 bits per heavy atom. The molecule has 1 rings (SSSR count).